The van der Waals surface area contributed by atoms with Crippen LogP contribution >= 0.6 is 0 Å². The van der Waals surface area contributed by atoms with Crippen molar-refractivity contribution in [3.63, 3.8) is 0 Å². The van der Waals surface area contributed by atoms with E-state index in [2.05, 4.69) is 37.8 Å². The topological polar surface area (TPSA) is 100 Å². The van der Waals surface area contributed by atoms with Crippen molar-refractivity contribution in [3.05, 3.63) is 58.7 Å². The Morgan fingerprint density at radius 3 is 2.39 bits per heavy atom. The standard InChI is InChI=1S/C28H39N5O3/c1-19(2)22-16-23(25(35)17-24(22)34)27-26(28(36)31-30-27)21-8-6-20(7-9-21)18-33-14-12-32(13-15-33)11-5-4-10-29-3/h6-9,16-17,19,26,29,34-35H,4-5,10-15,18H2,1-3H3,(H,31,36). The van der Waals surface area contributed by atoms with Crippen molar-refractivity contribution in [1.82, 2.24) is 20.5 Å². The van der Waals surface area contributed by atoms with Crippen LogP contribution in [0.4, 0.5) is 0 Å². The van der Waals surface area contributed by atoms with Crippen molar-refractivity contribution >= 4 is 11.6 Å². The van der Waals surface area contributed by atoms with Gasteiger partial charge in [-0.3, -0.25) is 9.69 Å². The average molecular weight is 494 g/mol. The summed E-state index contributed by atoms with van der Waals surface area (Å²) in [6, 6.07) is 11.2. The summed E-state index contributed by atoms with van der Waals surface area (Å²) < 4.78 is 0. The van der Waals surface area contributed by atoms with Crippen LogP contribution < -0.4 is 10.7 Å². The highest BCUT2D eigenvalue weighted by molar-refractivity contribution is 6.21. The molecule has 2 aliphatic heterocycles. The van der Waals surface area contributed by atoms with Crippen molar-refractivity contribution < 1.29 is 15.0 Å². The number of nitrogens with one attached hydrogen (secondary N) is 2. The molecule has 2 aromatic rings. The minimum Gasteiger partial charge on any atom is -0.508 e. The fourth-order valence-corrected chi connectivity index (χ4v) is 5.04. The maximum Gasteiger partial charge on any atom is 0.253 e. The Morgan fingerprint density at radius 2 is 1.72 bits per heavy atom. The zero-order valence-electron chi connectivity index (χ0n) is 21.6. The Balaban J connectivity index is 1.40. The van der Waals surface area contributed by atoms with Gasteiger partial charge in [0.2, 0.25) is 0 Å². The molecule has 0 aromatic heterocycles. The first-order valence-electron chi connectivity index (χ1n) is 13.0. The van der Waals surface area contributed by atoms with Gasteiger partial charge in [0.25, 0.3) is 5.91 Å². The number of piperazine rings is 1. The Kier molecular flexibility index (Phi) is 8.61. The van der Waals surface area contributed by atoms with E-state index in [0.717, 1.165) is 44.8 Å². The lowest BCUT2D eigenvalue weighted by Crippen LogP contribution is -2.46. The molecule has 2 heterocycles. The van der Waals surface area contributed by atoms with E-state index in [-0.39, 0.29) is 23.3 Å². The molecule has 4 N–H and O–H groups in total. The van der Waals surface area contributed by atoms with Crippen molar-refractivity contribution in [1.29, 1.82) is 0 Å². The Hall–Kier alpha value is -2.94. The van der Waals surface area contributed by atoms with E-state index in [9.17, 15) is 15.0 Å². The molecule has 1 unspecified atom stereocenters. The van der Waals surface area contributed by atoms with Gasteiger partial charge in [0.05, 0.1) is 5.71 Å². The number of aromatic hydroxyl groups is 2. The van der Waals surface area contributed by atoms with Gasteiger partial charge < -0.3 is 20.4 Å². The average Bonchev–Trinajstić information content (AvgIpc) is 3.24. The highest BCUT2D eigenvalue weighted by Gasteiger charge is 2.34. The number of benzene rings is 2. The van der Waals surface area contributed by atoms with Gasteiger partial charge in [-0.15, -0.1) is 0 Å². The van der Waals surface area contributed by atoms with Crippen LogP contribution in [0.25, 0.3) is 0 Å². The lowest BCUT2D eigenvalue weighted by atomic mass is 9.87. The number of phenolic OH excluding ortho intramolecular Hbond substituents is 2. The molecule has 1 fully saturated rings. The summed E-state index contributed by atoms with van der Waals surface area (Å²) in [6.45, 7) is 11.4. The molecule has 2 aromatic carbocycles. The summed E-state index contributed by atoms with van der Waals surface area (Å²) in [4.78, 5) is 17.8. The molecule has 4 rings (SSSR count). The quantitative estimate of drug-likeness (QED) is 0.380. The summed E-state index contributed by atoms with van der Waals surface area (Å²) >= 11 is 0. The summed E-state index contributed by atoms with van der Waals surface area (Å²) in [7, 11) is 2.00. The van der Waals surface area contributed by atoms with Crippen LogP contribution in [0.2, 0.25) is 0 Å². The molecular weight excluding hydrogens is 454 g/mol. The maximum absolute atomic E-state index is 12.7. The molecule has 1 atom stereocenters. The number of hydrazone groups is 1. The van der Waals surface area contributed by atoms with Crippen LogP contribution in [-0.2, 0) is 11.3 Å². The highest BCUT2D eigenvalue weighted by Crippen LogP contribution is 2.36. The second-order valence-corrected chi connectivity index (χ2v) is 10.2. The SMILES string of the molecule is CNCCCCN1CCN(Cc2ccc(C3C(=O)NN=C3c3cc(C(C)C)c(O)cc3O)cc2)CC1. The third kappa shape index (κ3) is 6.06. The van der Waals surface area contributed by atoms with Crippen molar-refractivity contribution in [2.45, 2.75) is 45.1 Å². The predicted molar refractivity (Wildman–Crippen MR) is 143 cm³/mol. The molecule has 0 saturated carbocycles. The van der Waals surface area contributed by atoms with Gasteiger partial charge in [0, 0.05) is 44.4 Å². The van der Waals surface area contributed by atoms with Crippen molar-refractivity contribution in [2.24, 2.45) is 5.10 Å². The number of carbonyl (C=O) groups is 1. The Bertz CT molecular complexity index is 1080. The molecule has 1 amide bonds. The summed E-state index contributed by atoms with van der Waals surface area (Å²) in [5.74, 6) is -0.814. The van der Waals surface area contributed by atoms with E-state index in [1.54, 1.807) is 6.07 Å². The van der Waals surface area contributed by atoms with Gasteiger partial charge in [-0.05, 0) is 61.7 Å². The van der Waals surface area contributed by atoms with Crippen molar-refractivity contribution in [2.75, 3.05) is 46.3 Å². The minimum absolute atomic E-state index is 0.0414. The molecule has 36 heavy (non-hydrogen) atoms. The van der Waals surface area contributed by atoms with Crippen LogP contribution in [0.5, 0.6) is 11.5 Å². The fourth-order valence-electron chi connectivity index (χ4n) is 5.04. The van der Waals surface area contributed by atoms with Crippen LogP contribution in [0.3, 0.4) is 0 Å². The maximum atomic E-state index is 12.7. The van der Waals surface area contributed by atoms with E-state index in [1.165, 1.54) is 31.0 Å². The van der Waals surface area contributed by atoms with E-state index < -0.39 is 5.92 Å². The first-order valence-corrected chi connectivity index (χ1v) is 13.0. The number of amides is 1. The number of rotatable bonds is 10. The predicted octanol–water partition coefficient (Wildman–Crippen LogP) is 2.96. The zero-order chi connectivity index (χ0) is 25.7. The second kappa shape index (κ2) is 11.9. The molecule has 0 aliphatic carbocycles. The normalized spacial score (nSPS) is 19.1. The first kappa shape index (κ1) is 26.1. The summed E-state index contributed by atoms with van der Waals surface area (Å²) in [5, 5.41) is 28.2. The van der Waals surface area contributed by atoms with E-state index in [4.69, 9.17) is 0 Å². The molecule has 194 valence electrons. The van der Waals surface area contributed by atoms with Gasteiger partial charge >= 0.3 is 0 Å². The van der Waals surface area contributed by atoms with E-state index >= 15 is 0 Å². The minimum atomic E-state index is -0.610. The smallest absolute Gasteiger partial charge is 0.253 e. The third-order valence-electron chi connectivity index (χ3n) is 7.20. The first-order chi connectivity index (χ1) is 17.4. The van der Waals surface area contributed by atoms with Crippen molar-refractivity contribution in [3.8, 4) is 11.5 Å². The molecule has 2 aliphatic rings. The van der Waals surface area contributed by atoms with Gasteiger partial charge in [0.1, 0.15) is 17.4 Å². The molecule has 0 radical (unpaired) electrons. The van der Waals surface area contributed by atoms with Gasteiger partial charge in [-0.2, -0.15) is 5.10 Å². The Labute approximate surface area is 214 Å². The fraction of sp³-hybridized carbons (Fsp3) is 0.500. The second-order valence-electron chi connectivity index (χ2n) is 10.2. The Morgan fingerprint density at radius 1 is 1.03 bits per heavy atom. The number of nitrogens with zero attached hydrogens (tertiary/aromatic N) is 3. The molecule has 8 heteroatoms. The van der Waals surface area contributed by atoms with Gasteiger partial charge in [-0.1, -0.05) is 38.1 Å². The number of hydrogen-bond acceptors (Lipinski definition) is 7. The molecule has 0 bridgehead atoms. The monoisotopic (exact) mass is 493 g/mol. The zero-order valence-corrected chi connectivity index (χ0v) is 21.6. The molecule has 0 spiro atoms. The molecule has 1 saturated heterocycles. The number of unbranched alkanes of at least 4 members (excludes halogenated alkanes) is 1. The summed E-state index contributed by atoms with van der Waals surface area (Å²) in [5.41, 5.74) is 6.26. The molecular formula is C28H39N5O3. The van der Waals surface area contributed by atoms with Crippen LogP contribution in [0.15, 0.2) is 41.5 Å². The van der Waals surface area contributed by atoms with Crippen LogP contribution in [0.1, 0.15) is 60.8 Å². The van der Waals surface area contributed by atoms with Gasteiger partial charge in [0.15, 0.2) is 0 Å². The lowest BCUT2D eigenvalue weighted by molar-refractivity contribution is -0.120. The number of carbonyl (C=O) groups excluding carboxylic acids is 1. The molecule has 8 nitrogen and oxygen atoms in total. The largest absolute Gasteiger partial charge is 0.508 e. The van der Waals surface area contributed by atoms with Crippen LogP contribution in [0, 0.1) is 0 Å². The van der Waals surface area contributed by atoms with Crippen LogP contribution in [-0.4, -0.2) is 77.9 Å². The number of hydrogen-bond donors (Lipinski definition) is 4. The summed E-state index contributed by atoms with van der Waals surface area (Å²) in [6.07, 6.45) is 2.46. The lowest BCUT2D eigenvalue weighted by Gasteiger charge is -2.34. The highest BCUT2D eigenvalue weighted by atomic mass is 16.3. The van der Waals surface area contributed by atoms with Gasteiger partial charge in [-0.25, -0.2) is 5.43 Å². The third-order valence-corrected chi connectivity index (χ3v) is 7.20. The number of phenols is 2. The van der Waals surface area contributed by atoms with E-state index in [1.807, 2.05) is 33.0 Å². The van der Waals surface area contributed by atoms with E-state index in [0.29, 0.717) is 16.8 Å².